The van der Waals surface area contributed by atoms with Crippen molar-refractivity contribution < 1.29 is 64.6 Å². The molecular formula is C68H113NO13. The summed E-state index contributed by atoms with van der Waals surface area (Å²) in [7, 11) is 0. The molecule has 2 saturated heterocycles. The van der Waals surface area contributed by atoms with Gasteiger partial charge in [0, 0.05) is 6.42 Å². The molecule has 1 amide bonds. The number of ether oxygens (including phenoxy) is 4. The summed E-state index contributed by atoms with van der Waals surface area (Å²) in [6, 6.07) is -0.925. The highest BCUT2D eigenvalue weighted by molar-refractivity contribution is 5.76. The van der Waals surface area contributed by atoms with Gasteiger partial charge in [0.25, 0.3) is 0 Å². The highest BCUT2D eigenvalue weighted by Crippen LogP contribution is 2.30. The Bertz CT molecular complexity index is 1840. The van der Waals surface area contributed by atoms with E-state index in [0.717, 1.165) is 103 Å². The molecule has 2 rings (SSSR count). The van der Waals surface area contributed by atoms with Gasteiger partial charge in [0.15, 0.2) is 12.6 Å². The van der Waals surface area contributed by atoms with E-state index in [-0.39, 0.29) is 18.9 Å². The van der Waals surface area contributed by atoms with Crippen molar-refractivity contribution in [3.8, 4) is 0 Å². The second-order valence-corrected chi connectivity index (χ2v) is 21.8. The molecule has 0 aromatic heterocycles. The van der Waals surface area contributed by atoms with Gasteiger partial charge in [-0.3, -0.25) is 4.79 Å². The van der Waals surface area contributed by atoms with Gasteiger partial charge in [-0.1, -0.05) is 232 Å². The van der Waals surface area contributed by atoms with E-state index in [9.17, 15) is 45.6 Å². The van der Waals surface area contributed by atoms with Gasteiger partial charge < -0.3 is 65.1 Å². The number of carbonyl (C=O) groups excluding carboxylic acids is 1. The fourth-order valence-electron chi connectivity index (χ4n) is 9.58. The molecule has 0 spiro atoms. The zero-order chi connectivity index (χ0) is 59.5. The number of nitrogens with one attached hydrogen (secondary N) is 1. The van der Waals surface area contributed by atoms with E-state index in [4.69, 9.17) is 18.9 Å². The summed E-state index contributed by atoms with van der Waals surface area (Å²) in [5.41, 5.74) is 0. The van der Waals surface area contributed by atoms with Crippen LogP contribution < -0.4 is 5.32 Å². The molecule has 14 heteroatoms. The lowest BCUT2D eigenvalue weighted by molar-refractivity contribution is -0.359. The number of rotatable bonds is 49. The summed E-state index contributed by atoms with van der Waals surface area (Å²) in [4.78, 5) is 13.2. The van der Waals surface area contributed by atoms with Crippen molar-refractivity contribution in [2.45, 2.75) is 280 Å². The first kappa shape index (κ1) is 74.5. The van der Waals surface area contributed by atoms with Gasteiger partial charge in [-0.15, -0.1) is 0 Å². The quantitative estimate of drug-likeness (QED) is 0.0204. The van der Waals surface area contributed by atoms with Gasteiger partial charge in [0.2, 0.25) is 5.91 Å². The first-order chi connectivity index (χ1) is 40.1. The minimum absolute atomic E-state index is 0.253. The Morgan fingerprint density at radius 1 is 0.451 bits per heavy atom. The predicted molar refractivity (Wildman–Crippen MR) is 332 cm³/mol. The standard InChI is InChI=1S/C68H113NO13/c1-3-5-7-9-11-13-15-16-17-18-19-20-21-22-23-24-25-26-27-28-29-30-31-32-33-34-35-36-37-38-39-40-42-44-46-48-50-52-60(73)69-56(57(72)51-49-47-45-43-41-14-12-10-8-6-4-2)55-79-67-65(78)63(76)66(59(54-71)81-67)82-68-64(77)62(75)61(74)58(53-70)80-68/h5,7,11,13,16-17,19-20,22-23,25-26,28-29,31-32,34-35,49,51,56-59,61-68,70-72,74-78H,3-4,6,8-10,12,14-15,18,21,24,27,30,33,36-48,50,52-55H2,1-2H3,(H,69,73)/b7-5-,13-11-,17-16-,20-19-,23-22-,26-25-,29-28-,32-31-,35-34-,51-49+. The normalized spacial score (nSPS) is 24.8. The molecule has 12 atom stereocenters. The SMILES string of the molecule is CC/C=C\C/C=C\C/C=C\C/C=C\C/C=C\C/C=C\C/C=C\C/C=C\C/C=C\CCCCCCCCCCCC(=O)NC(COC1OC(CO)C(OC2OC(CO)C(O)C(O)C2O)C(O)C1O)C(O)/C=C/CCCCCCCCCCC. The van der Waals surface area contributed by atoms with E-state index in [2.05, 4.69) is 129 Å². The Kier molecular flexibility index (Phi) is 47.0. The largest absolute Gasteiger partial charge is 0.394 e. The molecule has 468 valence electrons. The van der Waals surface area contributed by atoms with Crippen molar-refractivity contribution in [2.24, 2.45) is 0 Å². The van der Waals surface area contributed by atoms with Gasteiger partial charge in [0.1, 0.15) is 48.8 Å². The third-order valence-electron chi connectivity index (χ3n) is 14.7. The molecule has 12 unspecified atom stereocenters. The third-order valence-corrected chi connectivity index (χ3v) is 14.7. The highest BCUT2D eigenvalue weighted by Gasteiger charge is 2.51. The van der Waals surface area contributed by atoms with Gasteiger partial charge >= 0.3 is 0 Å². The summed E-state index contributed by atoms with van der Waals surface area (Å²) in [5, 5.41) is 87.0. The van der Waals surface area contributed by atoms with Crippen LogP contribution >= 0.6 is 0 Å². The fraction of sp³-hybridized carbons (Fsp3) is 0.691. The summed E-state index contributed by atoms with van der Waals surface area (Å²) in [6.45, 7) is 2.64. The number of amides is 1. The van der Waals surface area contributed by atoms with Crippen LogP contribution in [-0.4, -0.2) is 140 Å². The molecule has 14 nitrogen and oxygen atoms in total. The van der Waals surface area contributed by atoms with Gasteiger partial charge in [-0.05, 0) is 89.9 Å². The molecule has 9 N–H and O–H groups in total. The molecule has 2 heterocycles. The van der Waals surface area contributed by atoms with Crippen molar-refractivity contribution in [3.05, 3.63) is 122 Å². The zero-order valence-electron chi connectivity index (χ0n) is 50.4. The van der Waals surface area contributed by atoms with E-state index in [1.165, 1.54) is 77.0 Å². The smallest absolute Gasteiger partial charge is 0.220 e. The summed E-state index contributed by atoms with van der Waals surface area (Å²) < 4.78 is 22.7. The minimum Gasteiger partial charge on any atom is -0.394 e. The van der Waals surface area contributed by atoms with E-state index in [0.29, 0.717) is 6.42 Å². The molecule has 82 heavy (non-hydrogen) atoms. The number of hydrogen-bond donors (Lipinski definition) is 9. The van der Waals surface area contributed by atoms with Crippen LogP contribution in [0.15, 0.2) is 122 Å². The number of aliphatic hydroxyl groups excluding tert-OH is 8. The Balaban J connectivity index is 1.63. The number of carbonyl (C=O) groups is 1. The average Bonchev–Trinajstić information content (AvgIpc) is 3.22. The number of aliphatic hydroxyl groups is 8. The van der Waals surface area contributed by atoms with Crippen molar-refractivity contribution in [2.75, 3.05) is 19.8 Å². The van der Waals surface area contributed by atoms with Crippen LogP contribution in [0, 0.1) is 0 Å². The third kappa shape index (κ3) is 36.3. The van der Waals surface area contributed by atoms with Gasteiger partial charge in [-0.25, -0.2) is 0 Å². The Labute approximate surface area is 495 Å². The molecule has 0 aromatic rings. The topological polar surface area (TPSA) is 228 Å². The van der Waals surface area contributed by atoms with Crippen molar-refractivity contribution in [1.82, 2.24) is 5.32 Å². The molecule has 0 radical (unpaired) electrons. The maximum absolute atomic E-state index is 13.2. The molecule has 0 bridgehead atoms. The molecule has 2 aliphatic rings. The molecule has 0 aromatic carbocycles. The van der Waals surface area contributed by atoms with Gasteiger partial charge in [-0.2, -0.15) is 0 Å². The van der Waals surface area contributed by atoms with Crippen LogP contribution in [0.4, 0.5) is 0 Å². The molecular weight excluding hydrogens is 1040 g/mol. The van der Waals surface area contributed by atoms with E-state index >= 15 is 0 Å². The van der Waals surface area contributed by atoms with Crippen LogP contribution in [0.3, 0.4) is 0 Å². The van der Waals surface area contributed by atoms with Crippen LogP contribution in [-0.2, 0) is 23.7 Å². The summed E-state index contributed by atoms with van der Waals surface area (Å²) in [5.74, 6) is -0.253. The fourth-order valence-corrected chi connectivity index (χ4v) is 9.58. The molecule has 2 fully saturated rings. The zero-order valence-corrected chi connectivity index (χ0v) is 50.4. The molecule has 0 aliphatic carbocycles. The van der Waals surface area contributed by atoms with E-state index < -0.39 is 86.8 Å². The second-order valence-electron chi connectivity index (χ2n) is 21.8. The molecule has 0 saturated carbocycles. The predicted octanol–water partition coefficient (Wildman–Crippen LogP) is 11.8. The second kappa shape index (κ2) is 51.8. The van der Waals surface area contributed by atoms with Crippen LogP contribution in [0.5, 0.6) is 0 Å². The lowest BCUT2D eigenvalue weighted by Crippen LogP contribution is -2.65. The lowest BCUT2D eigenvalue weighted by Gasteiger charge is -2.46. The highest BCUT2D eigenvalue weighted by atomic mass is 16.7. The number of hydrogen-bond acceptors (Lipinski definition) is 13. The van der Waals surface area contributed by atoms with E-state index in [1.54, 1.807) is 6.08 Å². The van der Waals surface area contributed by atoms with Crippen molar-refractivity contribution in [1.29, 1.82) is 0 Å². The minimum atomic E-state index is -1.79. The van der Waals surface area contributed by atoms with Crippen molar-refractivity contribution >= 4 is 5.91 Å². The first-order valence-electron chi connectivity index (χ1n) is 31.8. The van der Waals surface area contributed by atoms with Crippen LogP contribution in [0.2, 0.25) is 0 Å². The maximum atomic E-state index is 13.2. The Morgan fingerprint density at radius 3 is 1.29 bits per heavy atom. The number of unbranched alkanes of at least 4 members (excludes halogenated alkanes) is 18. The summed E-state index contributed by atoms with van der Waals surface area (Å²) >= 11 is 0. The van der Waals surface area contributed by atoms with Crippen LogP contribution in [0.25, 0.3) is 0 Å². The lowest BCUT2D eigenvalue weighted by atomic mass is 9.97. The first-order valence-corrected chi connectivity index (χ1v) is 31.8. The average molecular weight is 1150 g/mol. The Hall–Kier alpha value is -3.61. The summed E-state index contributed by atoms with van der Waals surface area (Å²) in [6.07, 6.45) is 58.2. The van der Waals surface area contributed by atoms with Gasteiger partial charge in [0.05, 0.1) is 32.0 Å². The monoisotopic (exact) mass is 1150 g/mol. The maximum Gasteiger partial charge on any atom is 0.220 e. The number of allylic oxidation sites excluding steroid dienone is 19. The Morgan fingerprint density at radius 2 is 0.841 bits per heavy atom. The van der Waals surface area contributed by atoms with Crippen LogP contribution in [0.1, 0.15) is 206 Å². The van der Waals surface area contributed by atoms with E-state index in [1.807, 2.05) is 6.08 Å². The van der Waals surface area contributed by atoms with Crippen molar-refractivity contribution in [3.63, 3.8) is 0 Å². The molecule has 2 aliphatic heterocycles.